The third-order valence-corrected chi connectivity index (χ3v) is 8.93. The van der Waals surface area contributed by atoms with Gasteiger partial charge in [-0.15, -0.1) is 0 Å². The minimum absolute atomic E-state index is 0.242. The largest absolute Gasteiger partial charge is 0.388 e. The molecule has 2 aromatic carbocycles. The van der Waals surface area contributed by atoms with Gasteiger partial charge in [-0.1, -0.05) is 36.4 Å². The number of aliphatic hydroxyl groups excluding tert-OH is 1. The summed E-state index contributed by atoms with van der Waals surface area (Å²) in [7, 11) is -1.51. The Morgan fingerprint density at radius 1 is 1.00 bits per heavy atom. The van der Waals surface area contributed by atoms with Gasteiger partial charge in [-0.2, -0.15) is 4.31 Å². The van der Waals surface area contributed by atoms with E-state index >= 15 is 0 Å². The summed E-state index contributed by atoms with van der Waals surface area (Å²) < 4.78 is 28.1. The van der Waals surface area contributed by atoms with E-state index in [1.54, 1.807) is 12.1 Å². The van der Waals surface area contributed by atoms with Crippen LogP contribution in [0.2, 0.25) is 0 Å². The van der Waals surface area contributed by atoms with Crippen molar-refractivity contribution in [2.24, 2.45) is 0 Å². The van der Waals surface area contributed by atoms with E-state index in [0.717, 1.165) is 24.1 Å². The highest BCUT2D eigenvalue weighted by Crippen LogP contribution is 2.25. The van der Waals surface area contributed by atoms with Crippen LogP contribution >= 0.6 is 0 Å². The zero-order valence-corrected chi connectivity index (χ0v) is 22.9. The molecule has 38 heavy (non-hydrogen) atoms. The summed E-state index contributed by atoms with van der Waals surface area (Å²) in [6.45, 7) is 6.23. The second-order valence-corrected chi connectivity index (χ2v) is 11.7. The molecule has 4 rings (SSSR count). The molecule has 1 fully saturated rings. The lowest BCUT2D eigenvalue weighted by molar-refractivity contribution is 0.0903. The summed E-state index contributed by atoms with van der Waals surface area (Å²) in [5.41, 5.74) is 3.54. The number of hydrogen-bond donors (Lipinski definition) is 1. The summed E-state index contributed by atoms with van der Waals surface area (Å²) >= 11 is 0. The molecule has 0 aliphatic carbocycles. The summed E-state index contributed by atoms with van der Waals surface area (Å²) in [5, 5.41) is 8.96. The van der Waals surface area contributed by atoms with Crippen LogP contribution in [0.25, 0.3) is 11.1 Å². The fraction of sp³-hybridized carbons (Fsp3) is 0.393. The molecule has 0 bridgehead atoms. The maximum Gasteiger partial charge on any atom is 0.243 e. The Morgan fingerprint density at radius 2 is 1.66 bits per heavy atom. The van der Waals surface area contributed by atoms with Crippen molar-refractivity contribution in [3.8, 4) is 11.1 Å². The van der Waals surface area contributed by atoms with Gasteiger partial charge in [0.15, 0.2) is 5.78 Å². The van der Waals surface area contributed by atoms with Gasteiger partial charge in [0.25, 0.3) is 0 Å². The molecule has 0 amide bonds. The van der Waals surface area contributed by atoms with Crippen LogP contribution in [0.15, 0.2) is 65.8 Å². The predicted molar refractivity (Wildman–Crippen MR) is 148 cm³/mol. The normalized spacial score (nSPS) is 14.8. The monoisotopic (exact) mass is 537 g/mol. The van der Waals surface area contributed by atoms with Gasteiger partial charge in [0, 0.05) is 51.2 Å². The van der Waals surface area contributed by atoms with Crippen LogP contribution in [0.1, 0.15) is 29.8 Å². The lowest BCUT2D eigenvalue weighted by atomic mass is 10.0. The van der Waals surface area contributed by atoms with E-state index in [-0.39, 0.29) is 10.5 Å². The van der Waals surface area contributed by atoms with Crippen molar-refractivity contribution in [3.05, 3.63) is 72.1 Å². The Kier molecular flexibility index (Phi) is 8.88. The lowest BCUT2D eigenvalue weighted by Crippen LogP contribution is -2.49. The van der Waals surface area contributed by atoms with E-state index in [2.05, 4.69) is 47.9 Å². The van der Waals surface area contributed by atoms with Crippen molar-refractivity contribution in [3.63, 3.8) is 0 Å². The molecule has 3 aromatic rings. The first-order valence-corrected chi connectivity index (χ1v) is 14.2. The molecule has 1 aliphatic heterocycles. The molecule has 1 aromatic heterocycles. The number of sulfonamides is 1. The molecule has 0 radical (unpaired) electrons. The Hall–Kier alpha value is -3.18. The molecule has 1 saturated heterocycles. The molecule has 1 N–H and O–H groups in total. The van der Waals surface area contributed by atoms with Crippen molar-refractivity contribution in [1.29, 1.82) is 0 Å². The maximum atomic E-state index is 13.3. The van der Waals surface area contributed by atoms with Gasteiger partial charge in [0.2, 0.25) is 16.0 Å². The van der Waals surface area contributed by atoms with E-state index in [4.69, 9.17) is 5.11 Å². The third-order valence-electron chi connectivity index (χ3n) is 7.01. The summed E-state index contributed by atoms with van der Waals surface area (Å²) in [6, 6.07) is 16.0. The van der Waals surface area contributed by atoms with Gasteiger partial charge in [0.05, 0.1) is 10.5 Å². The molecule has 1 aliphatic rings. The summed E-state index contributed by atoms with van der Waals surface area (Å²) in [6.07, 6.45) is 3.72. The number of ketones is 1. The minimum Gasteiger partial charge on any atom is -0.388 e. The lowest BCUT2D eigenvalue weighted by Gasteiger charge is -2.34. The molecule has 0 spiro atoms. The molecule has 9 nitrogen and oxygen atoms in total. The fourth-order valence-electron chi connectivity index (χ4n) is 4.29. The number of Topliss-reactive ketones (excluding diaryl/α,β-unsaturated/α-hetero) is 1. The standard InChI is InChI=1S/C28H35N5O4S/c1-21(2)31(3)12-11-22-5-4-6-24(17-22)23-7-9-26(10-8-23)38(36,37)33-15-13-32(14-16-33)28-29-18-25(19-30-28)27(35)20-34/h4-10,17-19,21,34H,11-16,20H2,1-3H3. The molecule has 0 atom stereocenters. The molecule has 10 heteroatoms. The predicted octanol–water partition coefficient (Wildman–Crippen LogP) is 2.71. The van der Waals surface area contributed by atoms with Gasteiger partial charge in [-0.05, 0) is 56.1 Å². The van der Waals surface area contributed by atoms with E-state index in [0.29, 0.717) is 38.2 Å². The van der Waals surface area contributed by atoms with Crippen LogP contribution in [-0.2, 0) is 16.4 Å². The van der Waals surface area contributed by atoms with Crippen LogP contribution in [0.4, 0.5) is 5.95 Å². The molecule has 202 valence electrons. The van der Waals surface area contributed by atoms with Crippen LogP contribution < -0.4 is 4.90 Å². The highest BCUT2D eigenvalue weighted by atomic mass is 32.2. The Bertz CT molecular complexity index is 1340. The molecule has 0 saturated carbocycles. The maximum absolute atomic E-state index is 13.3. The van der Waals surface area contributed by atoms with Crippen LogP contribution in [0, 0.1) is 0 Å². The molecule has 0 unspecified atom stereocenters. The Labute approximate surface area is 224 Å². The van der Waals surface area contributed by atoms with E-state index in [9.17, 15) is 13.2 Å². The first kappa shape index (κ1) is 27.8. The second-order valence-electron chi connectivity index (χ2n) is 9.79. The zero-order valence-electron chi connectivity index (χ0n) is 22.1. The molecule has 2 heterocycles. The number of hydrogen-bond acceptors (Lipinski definition) is 8. The third kappa shape index (κ3) is 6.44. The number of rotatable bonds is 10. The number of aliphatic hydroxyl groups is 1. The second kappa shape index (κ2) is 12.1. The van der Waals surface area contributed by atoms with Gasteiger partial charge >= 0.3 is 0 Å². The van der Waals surface area contributed by atoms with Crippen LogP contribution in [0.5, 0.6) is 0 Å². The first-order chi connectivity index (χ1) is 18.2. The van der Waals surface area contributed by atoms with Gasteiger partial charge in [-0.25, -0.2) is 18.4 Å². The van der Waals surface area contributed by atoms with E-state index < -0.39 is 22.4 Å². The quantitative estimate of drug-likeness (QED) is 0.394. The Balaban J connectivity index is 1.39. The minimum atomic E-state index is -3.63. The van der Waals surface area contributed by atoms with E-state index in [1.807, 2.05) is 29.2 Å². The number of nitrogens with zero attached hydrogens (tertiary/aromatic N) is 5. The average molecular weight is 538 g/mol. The van der Waals surface area contributed by atoms with Gasteiger partial charge in [0.1, 0.15) is 6.61 Å². The van der Waals surface area contributed by atoms with Crippen molar-refractivity contribution in [1.82, 2.24) is 19.2 Å². The number of anilines is 1. The molecular weight excluding hydrogens is 502 g/mol. The van der Waals surface area contributed by atoms with Crippen molar-refractivity contribution in [2.45, 2.75) is 31.2 Å². The SMILES string of the molecule is CC(C)N(C)CCc1cccc(-c2ccc(S(=O)(=O)N3CCN(c4ncc(C(=O)CO)cn4)CC3)cc2)c1. The van der Waals surface area contributed by atoms with Gasteiger partial charge < -0.3 is 14.9 Å². The van der Waals surface area contributed by atoms with Crippen LogP contribution in [-0.4, -0.2) is 90.9 Å². The van der Waals surface area contributed by atoms with Crippen molar-refractivity contribution < 1.29 is 18.3 Å². The fourth-order valence-corrected chi connectivity index (χ4v) is 5.71. The Morgan fingerprint density at radius 3 is 2.26 bits per heavy atom. The number of carbonyl (C=O) groups excluding carboxylic acids is 1. The number of likely N-dealkylation sites (N-methyl/N-ethyl adjacent to an activating group) is 1. The number of aromatic nitrogens is 2. The highest BCUT2D eigenvalue weighted by Gasteiger charge is 2.29. The smallest absolute Gasteiger partial charge is 0.243 e. The topological polar surface area (TPSA) is 107 Å². The average Bonchev–Trinajstić information content (AvgIpc) is 2.95. The number of benzene rings is 2. The summed E-state index contributed by atoms with van der Waals surface area (Å²) in [5.74, 6) is -0.0142. The highest BCUT2D eigenvalue weighted by molar-refractivity contribution is 7.89. The van der Waals surface area contributed by atoms with E-state index in [1.165, 1.54) is 22.3 Å². The number of piperazine rings is 1. The van der Waals surface area contributed by atoms with Gasteiger partial charge in [-0.3, -0.25) is 4.79 Å². The number of carbonyl (C=O) groups is 1. The first-order valence-electron chi connectivity index (χ1n) is 12.8. The molecular formula is C28H35N5O4S. The zero-order chi connectivity index (χ0) is 27.3. The van der Waals surface area contributed by atoms with Crippen LogP contribution in [0.3, 0.4) is 0 Å². The summed E-state index contributed by atoms with van der Waals surface area (Å²) in [4.78, 5) is 24.4. The van der Waals surface area contributed by atoms with Crippen molar-refractivity contribution >= 4 is 21.8 Å². The van der Waals surface area contributed by atoms with Crippen molar-refractivity contribution in [2.75, 3.05) is 51.3 Å².